The first-order valence-electron chi connectivity index (χ1n) is 6.51. The highest BCUT2D eigenvalue weighted by Gasteiger charge is 2.26. The first kappa shape index (κ1) is 16.5. The molecule has 0 spiro atoms. The molecule has 0 unspecified atom stereocenters. The lowest BCUT2D eigenvalue weighted by atomic mass is 10.1. The van der Waals surface area contributed by atoms with Crippen LogP contribution in [0.2, 0.25) is 0 Å². The molecule has 0 saturated carbocycles. The molecule has 112 valence electrons. The summed E-state index contributed by atoms with van der Waals surface area (Å²) in [5.41, 5.74) is 0.970. The van der Waals surface area contributed by atoms with E-state index in [2.05, 4.69) is 10.6 Å². The largest absolute Gasteiger partial charge is 0.389 e. The fourth-order valence-electron chi connectivity index (χ4n) is 1.78. The molecule has 1 aromatic rings. The maximum absolute atomic E-state index is 12.2. The van der Waals surface area contributed by atoms with Gasteiger partial charge in [0.15, 0.2) is 0 Å². The molecule has 3 nitrogen and oxygen atoms in total. The van der Waals surface area contributed by atoms with Crippen LogP contribution in [0.1, 0.15) is 24.8 Å². The van der Waals surface area contributed by atoms with Crippen LogP contribution in [0.15, 0.2) is 24.3 Å². The molecule has 6 heteroatoms. The number of nitrogens with one attached hydrogen (secondary N) is 2. The SMILES string of the molecule is CNCCCC(=O)Nc1ccccc1CCC(F)(F)F. The summed E-state index contributed by atoms with van der Waals surface area (Å²) >= 11 is 0. The Morgan fingerprint density at radius 2 is 1.95 bits per heavy atom. The van der Waals surface area contributed by atoms with Gasteiger partial charge in [0.2, 0.25) is 5.91 Å². The van der Waals surface area contributed by atoms with Gasteiger partial charge in [0.05, 0.1) is 0 Å². The number of anilines is 1. The standard InChI is InChI=1S/C14H19F3N2O/c1-18-10-4-7-13(20)19-12-6-3-2-5-11(12)8-9-14(15,16)17/h2-3,5-6,18H,4,7-10H2,1H3,(H,19,20). The summed E-state index contributed by atoms with van der Waals surface area (Å²) in [6, 6.07) is 6.60. The fourth-order valence-corrected chi connectivity index (χ4v) is 1.78. The van der Waals surface area contributed by atoms with E-state index in [0.717, 1.165) is 6.54 Å². The van der Waals surface area contributed by atoms with Crippen LogP contribution in [-0.4, -0.2) is 25.7 Å². The van der Waals surface area contributed by atoms with Gasteiger partial charge in [-0.05, 0) is 38.1 Å². The molecule has 0 radical (unpaired) electrons. The third-order valence-corrected chi connectivity index (χ3v) is 2.80. The quantitative estimate of drug-likeness (QED) is 0.757. The summed E-state index contributed by atoms with van der Waals surface area (Å²) in [6.07, 6.45) is -4.18. The van der Waals surface area contributed by atoms with Gasteiger partial charge in [-0.15, -0.1) is 0 Å². The number of carbonyl (C=O) groups is 1. The van der Waals surface area contributed by atoms with E-state index in [1.807, 2.05) is 0 Å². The molecule has 0 aromatic heterocycles. The van der Waals surface area contributed by atoms with Crippen molar-refractivity contribution in [2.45, 2.75) is 31.9 Å². The molecule has 0 aliphatic rings. The second-order valence-electron chi connectivity index (χ2n) is 4.53. The molecule has 2 N–H and O–H groups in total. The molecule has 1 rings (SSSR count). The highest BCUT2D eigenvalue weighted by molar-refractivity contribution is 5.91. The number of alkyl halides is 3. The van der Waals surface area contributed by atoms with Gasteiger partial charge in [-0.3, -0.25) is 4.79 Å². The minimum absolute atomic E-state index is 0.129. The number of amides is 1. The number of hydrogen-bond acceptors (Lipinski definition) is 2. The summed E-state index contributed by atoms with van der Waals surface area (Å²) < 4.78 is 36.7. The van der Waals surface area contributed by atoms with Gasteiger partial charge in [-0.1, -0.05) is 18.2 Å². The van der Waals surface area contributed by atoms with Crippen molar-refractivity contribution in [1.82, 2.24) is 5.32 Å². The summed E-state index contributed by atoms with van der Waals surface area (Å²) in [4.78, 5) is 11.7. The van der Waals surface area contributed by atoms with Gasteiger partial charge in [0.1, 0.15) is 0 Å². The lowest BCUT2D eigenvalue weighted by Crippen LogP contribution is -2.16. The Labute approximate surface area is 116 Å². The smallest absolute Gasteiger partial charge is 0.326 e. The predicted molar refractivity (Wildman–Crippen MR) is 72.6 cm³/mol. The Bertz CT molecular complexity index is 433. The number of halogens is 3. The normalized spacial score (nSPS) is 11.4. The van der Waals surface area contributed by atoms with Crippen molar-refractivity contribution in [3.8, 4) is 0 Å². The van der Waals surface area contributed by atoms with E-state index in [0.29, 0.717) is 24.1 Å². The Morgan fingerprint density at radius 1 is 1.25 bits per heavy atom. The maximum atomic E-state index is 12.2. The van der Waals surface area contributed by atoms with E-state index in [4.69, 9.17) is 0 Å². The lowest BCUT2D eigenvalue weighted by Gasteiger charge is -2.12. The second-order valence-corrected chi connectivity index (χ2v) is 4.53. The minimum atomic E-state index is -4.19. The minimum Gasteiger partial charge on any atom is -0.326 e. The van der Waals surface area contributed by atoms with Gasteiger partial charge < -0.3 is 10.6 Å². The van der Waals surface area contributed by atoms with Crippen molar-refractivity contribution >= 4 is 11.6 Å². The molecule has 0 bridgehead atoms. The average molecular weight is 288 g/mol. The number of benzene rings is 1. The molecular formula is C14H19F3N2O. The van der Waals surface area contributed by atoms with Gasteiger partial charge >= 0.3 is 6.18 Å². The maximum Gasteiger partial charge on any atom is 0.389 e. The summed E-state index contributed by atoms with van der Waals surface area (Å²) in [7, 11) is 1.80. The van der Waals surface area contributed by atoms with E-state index in [1.54, 1.807) is 31.3 Å². The van der Waals surface area contributed by atoms with Crippen LogP contribution >= 0.6 is 0 Å². The molecule has 1 aromatic carbocycles. The van der Waals surface area contributed by atoms with Crippen molar-refractivity contribution in [2.75, 3.05) is 18.9 Å². The number of rotatable bonds is 7. The third kappa shape index (κ3) is 6.56. The van der Waals surface area contributed by atoms with E-state index in [-0.39, 0.29) is 12.3 Å². The zero-order valence-corrected chi connectivity index (χ0v) is 11.4. The van der Waals surface area contributed by atoms with Crippen LogP contribution in [0.4, 0.5) is 18.9 Å². The van der Waals surface area contributed by atoms with Crippen molar-refractivity contribution < 1.29 is 18.0 Å². The van der Waals surface area contributed by atoms with Crippen LogP contribution in [0.5, 0.6) is 0 Å². The average Bonchev–Trinajstić information content (AvgIpc) is 2.37. The highest BCUT2D eigenvalue weighted by atomic mass is 19.4. The van der Waals surface area contributed by atoms with Gasteiger partial charge in [0, 0.05) is 18.5 Å². The fraction of sp³-hybridized carbons (Fsp3) is 0.500. The van der Waals surface area contributed by atoms with E-state index in [1.165, 1.54) is 0 Å². The summed E-state index contributed by atoms with van der Waals surface area (Å²) in [5.74, 6) is -0.181. The molecule has 0 heterocycles. The number of hydrogen-bond donors (Lipinski definition) is 2. The predicted octanol–water partition coefficient (Wildman–Crippen LogP) is 3.12. The molecular weight excluding hydrogens is 269 g/mol. The van der Waals surface area contributed by atoms with E-state index in [9.17, 15) is 18.0 Å². The topological polar surface area (TPSA) is 41.1 Å². The summed E-state index contributed by atoms with van der Waals surface area (Å²) in [6.45, 7) is 0.725. The molecule has 0 fully saturated rings. The van der Waals surface area contributed by atoms with E-state index >= 15 is 0 Å². The second kappa shape index (κ2) is 7.89. The van der Waals surface area contributed by atoms with Crippen molar-refractivity contribution in [3.05, 3.63) is 29.8 Å². The van der Waals surface area contributed by atoms with Crippen molar-refractivity contribution in [1.29, 1.82) is 0 Å². The van der Waals surface area contributed by atoms with Crippen molar-refractivity contribution in [2.24, 2.45) is 0 Å². The molecule has 20 heavy (non-hydrogen) atoms. The highest BCUT2D eigenvalue weighted by Crippen LogP contribution is 2.25. The lowest BCUT2D eigenvalue weighted by molar-refractivity contribution is -0.133. The Balaban J connectivity index is 2.58. The molecule has 0 atom stereocenters. The number of para-hydroxylation sites is 1. The van der Waals surface area contributed by atoms with Crippen LogP contribution in [0.3, 0.4) is 0 Å². The van der Waals surface area contributed by atoms with Crippen LogP contribution in [-0.2, 0) is 11.2 Å². The summed E-state index contributed by atoms with van der Waals surface area (Å²) in [5, 5.41) is 5.60. The van der Waals surface area contributed by atoms with Crippen LogP contribution < -0.4 is 10.6 Å². The van der Waals surface area contributed by atoms with Gasteiger partial charge in [-0.25, -0.2) is 0 Å². The van der Waals surface area contributed by atoms with Crippen molar-refractivity contribution in [3.63, 3.8) is 0 Å². The number of carbonyl (C=O) groups excluding carboxylic acids is 1. The molecule has 1 amide bonds. The van der Waals surface area contributed by atoms with Crippen LogP contribution in [0, 0.1) is 0 Å². The Hall–Kier alpha value is -1.56. The van der Waals surface area contributed by atoms with Gasteiger partial charge in [-0.2, -0.15) is 13.2 Å². The van der Waals surface area contributed by atoms with Crippen LogP contribution in [0.25, 0.3) is 0 Å². The molecule has 0 saturated heterocycles. The Morgan fingerprint density at radius 3 is 2.60 bits per heavy atom. The van der Waals surface area contributed by atoms with Gasteiger partial charge in [0.25, 0.3) is 0 Å². The Kier molecular flexibility index (Phi) is 6.51. The number of aryl methyl sites for hydroxylation is 1. The monoisotopic (exact) mass is 288 g/mol. The third-order valence-electron chi connectivity index (χ3n) is 2.80. The van der Waals surface area contributed by atoms with E-state index < -0.39 is 12.6 Å². The molecule has 0 aliphatic heterocycles. The zero-order chi connectivity index (χ0) is 15.0. The molecule has 0 aliphatic carbocycles. The first-order chi connectivity index (χ1) is 9.42. The first-order valence-corrected chi connectivity index (χ1v) is 6.51. The zero-order valence-electron chi connectivity index (χ0n) is 11.4.